The van der Waals surface area contributed by atoms with Crippen LogP contribution in [0.3, 0.4) is 0 Å². The van der Waals surface area contributed by atoms with Crippen LogP contribution in [0.5, 0.6) is 5.75 Å². The standard InChI is InChI=1S/C18H21NO4S/c20-17(15-6-7-18-16(12-15)8-10-23-18)13-19-24(21,22)11-9-14-4-2-1-3-5-14/h1-7,12,17,19-20H,8-11,13H2. The van der Waals surface area contributed by atoms with Crippen molar-refractivity contribution in [1.29, 1.82) is 0 Å². The summed E-state index contributed by atoms with van der Waals surface area (Å²) >= 11 is 0. The highest BCUT2D eigenvalue weighted by Gasteiger charge is 2.17. The van der Waals surface area contributed by atoms with Crippen molar-refractivity contribution in [2.75, 3.05) is 18.9 Å². The van der Waals surface area contributed by atoms with E-state index in [1.807, 2.05) is 42.5 Å². The van der Waals surface area contributed by atoms with E-state index in [4.69, 9.17) is 4.74 Å². The Morgan fingerprint density at radius 2 is 1.96 bits per heavy atom. The van der Waals surface area contributed by atoms with E-state index in [9.17, 15) is 13.5 Å². The van der Waals surface area contributed by atoms with Crippen molar-refractivity contribution in [2.45, 2.75) is 18.9 Å². The maximum absolute atomic E-state index is 12.1. The maximum atomic E-state index is 12.1. The summed E-state index contributed by atoms with van der Waals surface area (Å²) in [4.78, 5) is 0. The SMILES string of the molecule is O=S(=O)(CCc1ccccc1)NCC(O)c1ccc2c(c1)CCO2. The van der Waals surface area contributed by atoms with Crippen LogP contribution in [0.2, 0.25) is 0 Å². The molecule has 0 amide bonds. The third kappa shape index (κ3) is 4.35. The van der Waals surface area contributed by atoms with Gasteiger partial charge in [0.25, 0.3) is 0 Å². The summed E-state index contributed by atoms with van der Waals surface area (Å²) in [5, 5.41) is 10.2. The van der Waals surface area contributed by atoms with Gasteiger partial charge in [0.15, 0.2) is 0 Å². The molecule has 0 radical (unpaired) electrons. The minimum Gasteiger partial charge on any atom is -0.493 e. The van der Waals surface area contributed by atoms with E-state index in [1.165, 1.54) is 0 Å². The molecular weight excluding hydrogens is 326 g/mol. The van der Waals surface area contributed by atoms with Crippen molar-refractivity contribution < 1.29 is 18.3 Å². The average molecular weight is 347 g/mol. The van der Waals surface area contributed by atoms with Crippen LogP contribution in [0, 0.1) is 0 Å². The summed E-state index contributed by atoms with van der Waals surface area (Å²) in [5.41, 5.74) is 2.73. The number of sulfonamides is 1. The van der Waals surface area contributed by atoms with Gasteiger partial charge in [0.05, 0.1) is 18.5 Å². The Balaban J connectivity index is 1.54. The van der Waals surface area contributed by atoms with E-state index >= 15 is 0 Å². The molecule has 128 valence electrons. The van der Waals surface area contributed by atoms with Gasteiger partial charge in [-0.05, 0) is 35.2 Å². The van der Waals surface area contributed by atoms with Crippen LogP contribution in [-0.4, -0.2) is 32.4 Å². The first-order valence-corrected chi connectivity index (χ1v) is 9.64. The average Bonchev–Trinajstić information content (AvgIpc) is 3.07. The highest BCUT2D eigenvalue weighted by atomic mass is 32.2. The van der Waals surface area contributed by atoms with Gasteiger partial charge in [0.2, 0.25) is 10.0 Å². The molecule has 1 atom stereocenters. The Morgan fingerprint density at radius 3 is 2.75 bits per heavy atom. The number of benzene rings is 2. The third-order valence-corrected chi connectivity index (χ3v) is 5.45. The van der Waals surface area contributed by atoms with E-state index in [0.717, 1.165) is 23.3 Å². The van der Waals surface area contributed by atoms with Crippen molar-refractivity contribution in [3.05, 3.63) is 65.2 Å². The first-order valence-electron chi connectivity index (χ1n) is 7.98. The Morgan fingerprint density at radius 1 is 1.17 bits per heavy atom. The van der Waals surface area contributed by atoms with Crippen molar-refractivity contribution >= 4 is 10.0 Å². The van der Waals surface area contributed by atoms with Crippen LogP contribution in [0.25, 0.3) is 0 Å². The zero-order chi connectivity index (χ0) is 17.0. The quantitative estimate of drug-likeness (QED) is 0.801. The van der Waals surface area contributed by atoms with Crippen molar-refractivity contribution in [2.24, 2.45) is 0 Å². The van der Waals surface area contributed by atoms with Crippen LogP contribution in [0.15, 0.2) is 48.5 Å². The number of aliphatic hydroxyl groups excluding tert-OH is 1. The summed E-state index contributed by atoms with van der Waals surface area (Å²) in [7, 11) is -3.43. The lowest BCUT2D eigenvalue weighted by molar-refractivity contribution is 0.182. The fraction of sp³-hybridized carbons (Fsp3) is 0.333. The zero-order valence-corrected chi connectivity index (χ0v) is 14.1. The van der Waals surface area contributed by atoms with E-state index in [2.05, 4.69) is 4.72 Å². The van der Waals surface area contributed by atoms with Crippen LogP contribution < -0.4 is 9.46 Å². The summed E-state index contributed by atoms with van der Waals surface area (Å²) < 4.78 is 32.1. The topological polar surface area (TPSA) is 75.6 Å². The molecule has 0 aromatic heterocycles. The second-order valence-electron chi connectivity index (χ2n) is 5.88. The second kappa shape index (κ2) is 7.34. The Labute approximate surface area is 142 Å². The van der Waals surface area contributed by atoms with Gasteiger partial charge in [-0.15, -0.1) is 0 Å². The molecule has 0 bridgehead atoms. The number of hydrogen-bond donors (Lipinski definition) is 2. The predicted molar refractivity (Wildman–Crippen MR) is 92.5 cm³/mol. The molecule has 0 saturated heterocycles. The molecule has 0 fully saturated rings. The minimum absolute atomic E-state index is 0.00175. The van der Waals surface area contributed by atoms with Gasteiger partial charge in [0.1, 0.15) is 5.75 Å². The molecule has 2 aromatic rings. The summed E-state index contributed by atoms with van der Waals surface area (Å²) in [6, 6.07) is 14.9. The van der Waals surface area contributed by atoms with Crippen LogP contribution in [-0.2, 0) is 22.9 Å². The Bertz CT molecular complexity index is 790. The number of nitrogens with one attached hydrogen (secondary N) is 1. The van der Waals surface area contributed by atoms with Gasteiger partial charge in [-0.1, -0.05) is 36.4 Å². The molecule has 1 heterocycles. The number of fused-ring (bicyclic) bond motifs is 1. The Kier molecular flexibility index (Phi) is 5.18. The first kappa shape index (κ1) is 17.0. The molecule has 0 saturated carbocycles. The second-order valence-corrected chi connectivity index (χ2v) is 7.81. The highest BCUT2D eigenvalue weighted by Crippen LogP contribution is 2.28. The summed E-state index contributed by atoms with van der Waals surface area (Å²) in [6.45, 7) is 0.623. The van der Waals surface area contributed by atoms with Gasteiger partial charge in [-0.3, -0.25) is 0 Å². The Hall–Kier alpha value is -1.89. The van der Waals surface area contributed by atoms with Gasteiger partial charge >= 0.3 is 0 Å². The first-order chi connectivity index (χ1) is 11.5. The monoisotopic (exact) mass is 347 g/mol. The molecule has 0 spiro atoms. The van der Waals surface area contributed by atoms with Gasteiger partial charge in [0, 0.05) is 13.0 Å². The molecular formula is C18H21NO4S. The van der Waals surface area contributed by atoms with Crippen LogP contribution in [0.4, 0.5) is 0 Å². The minimum atomic E-state index is -3.43. The molecule has 2 aromatic carbocycles. The van der Waals surface area contributed by atoms with Gasteiger partial charge in [-0.25, -0.2) is 13.1 Å². The van der Waals surface area contributed by atoms with E-state index < -0.39 is 16.1 Å². The number of aliphatic hydroxyl groups is 1. The number of hydrogen-bond acceptors (Lipinski definition) is 4. The van der Waals surface area contributed by atoms with Crippen molar-refractivity contribution in [3.63, 3.8) is 0 Å². The molecule has 0 aliphatic carbocycles. The molecule has 3 rings (SSSR count). The predicted octanol–water partition coefficient (Wildman–Crippen LogP) is 1.82. The summed E-state index contributed by atoms with van der Waals surface area (Å²) in [6.07, 6.45) is 0.392. The summed E-state index contributed by atoms with van der Waals surface area (Å²) in [5.74, 6) is 0.844. The zero-order valence-electron chi connectivity index (χ0n) is 13.3. The number of rotatable bonds is 7. The van der Waals surface area contributed by atoms with Crippen LogP contribution >= 0.6 is 0 Å². The maximum Gasteiger partial charge on any atom is 0.212 e. The van der Waals surface area contributed by atoms with Gasteiger partial charge < -0.3 is 9.84 Å². The lowest BCUT2D eigenvalue weighted by Gasteiger charge is -2.13. The van der Waals surface area contributed by atoms with E-state index in [1.54, 1.807) is 6.07 Å². The molecule has 1 aliphatic heterocycles. The van der Waals surface area contributed by atoms with Crippen molar-refractivity contribution in [3.8, 4) is 5.75 Å². The largest absolute Gasteiger partial charge is 0.493 e. The third-order valence-electron chi connectivity index (χ3n) is 4.10. The number of ether oxygens (including phenoxy) is 1. The van der Waals surface area contributed by atoms with E-state index in [-0.39, 0.29) is 12.3 Å². The molecule has 1 unspecified atom stereocenters. The molecule has 5 nitrogen and oxygen atoms in total. The lowest BCUT2D eigenvalue weighted by atomic mass is 10.0. The molecule has 2 N–H and O–H groups in total. The number of aryl methyl sites for hydroxylation is 1. The molecule has 24 heavy (non-hydrogen) atoms. The lowest BCUT2D eigenvalue weighted by Crippen LogP contribution is -2.31. The fourth-order valence-corrected chi connectivity index (χ4v) is 3.77. The van der Waals surface area contributed by atoms with E-state index in [0.29, 0.717) is 18.6 Å². The molecule has 1 aliphatic rings. The van der Waals surface area contributed by atoms with Crippen LogP contribution in [0.1, 0.15) is 22.8 Å². The molecule has 6 heteroatoms. The van der Waals surface area contributed by atoms with Gasteiger partial charge in [-0.2, -0.15) is 0 Å². The normalized spacial score (nSPS) is 14.9. The fourth-order valence-electron chi connectivity index (χ4n) is 2.71. The highest BCUT2D eigenvalue weighted by molar-refractivity contribution is 7.89. The van der Waals surface area contributed by atoms with Crippen molar-refractivity contribution in [1.82, 2.24) is 4.72 Å². The smallest absolute Gasteiger partial charge is 0.212 e.